The van der Waals surface area contributed by atoms with E-state index in [1.165, 1.54) is 12.1 Å². The summed E-state index contributed by atoms with van der Waals surface area (Å²) < 4.78 is 18.0. The van der Waals surface area contributed by atoms with Gasteiger partial charge in [-0.2, -0.15) is 11.8 Å². The molecule has 0 fully saturated rings. The topological polar surface area (TPSA) is 21.3 Å². The summed E-state index contributed by atoms with van der Waals surface area (Å²) >= 11 is 1.92. The third-order valence-electron chi connectivity index (χ3n) is 2.15. The molecule has 0 saturated heterocycles. The van der Waals surface area contributed by atoms with Crippen LogP contribution in [0.3, 0.4) is 0 Å². The zero-order valence-corrected chi connectivity index (χ0v) is 10.6. The minimum Gasteiger partial charge on any atom is -0.494 e. The molecule has 16 heavy (non-hydrogen) atoms. The molecule has 0 heterocycles. The molecule has 2 nitrogen and oxygen atoms in total. The fourth-order valence-corrected chi connectivity index (χ4v) is 1.99. The minimum absolute atomic E-state index is 0.274. The van der Waals surface area contributed by atoms with Gasteiger partial charge in [-0.05, 0) is 30.1 Å². The summed E-state index contributed by atoms with van der Waals surface area (Å²) in [6, 6.07) is 4.54. The monoisotopic (exact) mass is 243 g/mol. The van der Waals surface area contributed by atoms with Crippen molar-refractivity contribution in [3.8, 4) is 5.75 Å². The van der Waals surface area contributed by atoms with Crippen LogP contribution in [0.1, 0.15) is 13.3 Å². The molecule has 0 bridgehead atoms. The number of ether oxygens (including phenoxy) is 1. The van der Waals surface area contributed by atoms with Crippen molar-refractivity contribution >= 4 is 17.4 Å². The van der Waals surface area contributed by atoms with E-state index in [1.54, 1.807) is 13.2 Å². The number of hydrogen-bond acceptors (Lipinski definition) is 3. The summed E-state index contributed by atoms with van der Waals surface area (Å²) in [5.74, 6) is 2.58. The van der Waals surface area contributed by atoms with Crippen LogP contribution < -0.4 is 10.1 Å². The third kappa shape index (κ3) is 4.31. The average molecular weight is 243 g/mol. The van der Waals surface area contributed by atoms with Crippen molar-refractivity contribution in [2.24, 2.45) is 0 Å². The predicted octanol–water partition coefficient (Wildman–Crippen LogP) is 3.39. The largest absolute Gasteiger partial charge is 0.494 e. The smallest absolute Gasteiger partial charge is 0.144 e. The highest BCUT2D eigenvalue weighted by Gasteiger charge is 2.03. The second-order valence-electron chi connectivity index (χ2n) is 3.32. The van der Waals surface area contributed by atoms with E-state index in [9.17, 15) is 4.39 Å². The molecule has 0 radical (unpaired) electrons. The van der Waals surface area contributed by atoms with E-state index in [-0.39, 0.29) is 5.82 Å². The lowest BCUT2D eigenvalue weighted by molar-refractivity contribution is 0.413. The van der Waals surface area contributed by atoms with E-state index in [0.29, 0.717) is 5.75 Å². The van der Waals surface area contributed by atoms with Crippen LogP contribution >= 0.6 is 11.8 Å². The third-order valence-corrected chi connectivity index (χ3v) is 3.13. The van der Waals surface area contributed by atoms with Crippen LogP contribution in [-0.2, 0) is 0 Å². The van der Waals surface area contributed by atoms with Gasteiger partial charge in [-0.1, -0.05) is 6.92 Å². The molecule has 1 aromatic rings. The quantitative estimate of drug-likeness (QED) is 0.742. The van der Waals surface area contributed by atoms with Gasteiger partial charge < -0.3 is 10.1 Å². The zero-order valence-electron chi connectivity index (χ0n) is 9.75. The van der Waals surface area contributed by atoms with Gasteiger partial charge >= 0.3 is 0 Å². The number of rotatable bonds is 7. The fraction of sp³-hybridized carbons (Fsp3) is 0.500. The van der Waals surface area contributed by atoms with Crippen molar-refractivity contribution in [1.29, 1.82) is 0 Å². The normalized spacial score (nSPS) is 10.2. The Balaban J connectivity index is 2.41. The van der Waals surface area contributed by atoms with E-state index >= 15 is 0 Å². The maximum absolute atomic E-state index is 12.9. The fourth-order valence-electron chi connectivity index (χ4n) is 1.35. The molecule has 0 aliphatic carbocycles. The lowest BCUT2D eigenvalue weighted by atomic mass is 10.2. The Hall–Kier alpha value is -0.900. The highest BCUT2D eigenvalue weighted by atomic mass is 32.2. The Bertz CT molecular complexity index is 320. The summed E-state index contributed by atoms with van der Waals surface area (Å²) in [5, 5.41) is 3.25. The summed E-state index contributed by atoms with van der Waals surface area (Å²) in [6.45, 7) is 3.04. The van der Waals surface area contributed by atoms with Crippen LogP contribution in [0, 0.1) is 5.82 Å². The number of halogens is 1. The molecule has 0 spiro atoms. The van der Waals surface area contributed by atoms with Crippen LogP contribution in [0.5, 0.6) is 5.75 Å². The lowest BCUT2D eigenvalue weighted by Crippen LogP contribution is -2.04. The predicted molar refractivity (Wildman–Crippen MR) is 69.1 cm³/mol. The Morgan fingerprint density at radius 1 is 1.44 bits per heavy atom. The molecule has 0 aromatic heterocycles. The molecule has 0 amide bonds. The van der Waals surface area contributed by atoms with Crippen molar-refractivity contribution in [1.82, 2.24) is 0 Å². The van der Waals surface area contributed by atoms with Crippen LogP contribution in [0.4, 0.5) is 10.1 Å². The first-order valence-corrected chi connectivity index (χ1v) is 6.58. The van der Waals surface area contributed by atoms with Crippen LogP contribution in [0.15, 0.2) is 18.2 Å². The molecule has 0 unspecified atom stereocenters. The first-order valence-electron chi connectivity index (χ1n) is 5.43. The van der Waals surface area contributed by atoms with Crippen molar-refractivity contribution < 1.29 is 9.13 Å². The van der Waals surface area contributed by atoms with Crippen LogP contribution in [0.2, 0.25) is 0 Å². The Kier molecular flexibility index (Phi) is 6.08. The maximum atomic E-state index is 12.9. The zero-order chi connectivity index (χ0) is 11.8. The van der Waals surface area contributed by atoms with Gasteiger partial charge in [-0.15, -0.1) is 0 Å². The maximum Gasteiger partial charge on any atom is 0.144 e. The summed E-state index contributed by atoms with van der Waals surface area (Å²) in [5.41, 5.74) is 0.852. The number of methoxy groups -OCH3 is 1. The van der Waals surface area contributed by atoms with Gasteiger partial charge in [0.1, 0.15) is 11.6 Å². The Morgan fingerprint density at radius 3 is 2.94 bits per heavy atom. The van der Waals surface area contributed by atoms with Gasteiger partial charge in [-0.3, -0.25) is 0 Å². The van der Waals surface area contributed by atoms with Crippen molar-refractivity contribution in [3.63, 3.8) is 0 Å². The van der Waals surface area contributed by atoms with E-state index < -0.39 is 0 Å². The number of thioether (sulfide) groups is 1. The highest BCUT2D eigenvalue weighted by Crippen LogP contribution is 2.24. The second kappa shape index (κ2) is 7.39. The minimum atomic E-state index is -0.274. The average Bonchev–Trinajstić information content (AvgIpc) is 2.30. The molecule has 0 aliphatic rings. The number of anilines is 1. The first-order chi connectivity index (χ1) is 7.77. The molecular formula is C12H18FNOS. The summed E-state index contributed by atoms with van der Waals surface area (Å²) in [4.78, 5) is 0. The van der Waals surface area contributed by atoms with Crippen molar-refractivity contribution in [2.75, 3.05) is 30.5 Å². The SMILES string of the molecule is CCSCCCNc1ccc(F)cc1OC. The molecule has 1 aromatic carbocycles. The Morgan fingerprint density at radius 2 is 2.25 bits per heavy atom. The van der Waals surface area contributed by atoms with E-state index in [1.807, 2.05) is 11.8 Å². The van der Waals surface area contributed by atoms with E-state index in [2.05, 4.69) is 12.2 Å². The molecule has 4 heteroatoms. The number of hydrogen-bond donors (Lipinski definition) is 1. The van der Waals surface area contributed by atoms with Crippen molar-refractivity contribution in [3.05, 3.63) is 24.0 Å². The molecule has 0 atom stereocenters. The molecule has 0 saturated carbocycles. The van der Waals surface area contributed by atoms with Crippen LogP contribution in [-0.4, -0.2) is 25.2 Å². The van der Waals surface area contributed by atoms with Gasteiger partial charge in [0.05, 0.1) is 12.8 Å². The van der Waals surface area contributed by atoms with Gasteiger partial charge in [0, 0.05) is 12.6 Å². The lowest BCUT2D eigenvalue weighted by Gasteiger charge is -2.10. The standard InChI is InChI=1S/C12H18FNOS/c1-3-16-8-4-7-14-11-6-5-10(13)9-12(11)15-2/h5-6,9,14H,3-4,7-8H2,1-2H3. The second-order valence-corrected chi connectivity index (χ2v) is 4.72. The molecular weight excluding hydrogens is 225 g/mol. The molecule has 90 valence electrons. The van der Waals surface area contributed by atoms with Gasteiger partial charge in [-0.25, -0.2) is 4.39 Å². The van der Waals surface area contributed by atoms with Gasteiger partial charge in [0.2, 0.25) is 0 Å². The number of benzene rings is 1. The van der Waals surface area contributed by atoms with Crippen molar-refractivity contribution in [2.45, 2.75) is 13.3 Å². The highest BCUT2D eigenvalue weighted by molar-refractivity contribution is 7.99. The first kappa shape index (κ1) is 13.2. The number of nitrogens with one attached hydrogen (secondary N) is 1. The van der Waals surface area contributed by atoms with E-state index in [0.717, 1.165) is 30.2 Å². The van der Waals surface area contributed by atoms with Gasteiger partial charge in [0.25, 0.3) is 0 Å². The molecule has 1 rings (SSSR count). The summed E-state index contributed by atoms with van der Waals surface area (Å²) in [7, 11) is 1.55. The van der Waals surface area contributed by atoms with E-state index in [4.69, 9.17) is 4.74 Å². The summed E-state index contributed by atoms with van der Waals surface area (Å²) in [6.07, 6.45) is 1.10. The van der Waals surface area contributed by atoms with Crippen LogP contribution in [0.25, 0.3) is 0 Å². The molecule has 0 aliphatic heterocycles. The Labute approximate surface area is 101 Å². The van der Waals surface area contributed by atoms with Gasteiger partial charge in [0.15, 0.2) is 0 Å². The molecule has 1 N–H and O–H groups in total.